The Morgan fingerprint density at radius 3 is 3.00 bits per heavy atom. The van der Waals surface area contributed by atoms with E-state index in [0.29, 0.717) is 25.4 Å². The lowest BCUT2D eigenvalue weighted by Gasteiger charge is -2.19. The normalized spacial score (nSPS) is 14.5. The van der Waals surface area contributed by atoms with Crippen LogP contribution in [0.4, 0.5) is 0 Å². The van der Waals surface area contributed by atoms with Crippen molar-refractivity contribution in [3.05, 3.63) is 54.1 Å². The Labute approximate surface area is 172 Å². The van der Waals surface area contributed by atoms with Gasteiger partial charge in [0.15, 0.2) is 11.5 Å². The molecule has 0 saturated carbocycles. The first-order valence-electron chi connectivity index (χ1n) is 9.65. The number of ether oxygens (including phenoxy) is 1. The van der Waals surface area contributed by atoms with Crippen molar-refractivity contribution in [1.29, 1.82) is 0 Å². The highest BCUT2D eigenvalue weighted by molar-refractivity contribution is 7.21. The fourth-order valence-corrected chi connectivity index (χ4v) is 4.63. The molecule has 0 unspecified atom stereocenters. The van der Waals surface area contributed by atoms with Crippen molar-refractivity contribution in [3.8, 4) is 22.1 Å². The minimum absolute atomic E-state index is 0.162. The predicted octanol–water partition coefficient (Wildman–Crippen LogP) is 3.67. The number of phenolic OH excluding ortho intramolecular Hbond substituents is 1. The van der Waals surface area contributed by atoms with E-state index in [9.17, 15) is 5.11 Å². The molecule has 0 aliphatic carbocycles. The van der Waals surface area contributed by atoms with E-state index >= 15 is 0 Å². The summed E-state index contributed by atoms with van der Waals surface area (Å²) in [5.41, 5.74) is 2.84. The Morgan fingerprint density at radius 1 is 1.24 bits per heavy atom. The molecule has 4 aromatic rings. The molecule has 29 heavy (non-hydrogen) atoms. The average molecular weight is 407 g/mol. The second-order valence-electron chi connectivity index (χ2n) is 7.02. The minimum atomic E-state index is 0.162. The van der Waals surface area contributed by atoms with Crippen LogP contribution < -0.4 is 4.74 Å². The van der Waals surface area contributed by atoms with Crippen LogP contribution in [0.3, 0.4) is 0 Å². The van der Waals surface area contributed by atoms with Crippen molar-refractivity contribution in [2.45, 2.75) is 26.6 Å². The van der Waals surface area contributed by atoms with E-state index in [2.05, 4.69) is 34.0 Å². The van der Waals surface area contributed by atoms with Gasteiger partial charge in [-0.25, -0.2) is 14.6 Å². The van der Waals surface area contributed by atoms with Crippen molar-refractivity contribution in [2.75, 3.05) is 13.2 Å². The monoisotopic (exact) mass is 407 g/mol. The number of hydrogen-bond acceptors (Lipinski definition) is 7. The van der Waals surface area contributed by atoms with E-state index in [-0.39, 0.29) is 5.75 Å². The van der Waals surface area contributed by atoms with Gasteiger partial charge in [-0.2, -0.15) is 5.10 Å². The van der Waals surface area contributed by atoms with Crippen molar-refractivity contribution >= 4 is 21.6 Å². The third-order valence-electron chi connectivity index (χ3n) is 5.10. The number of benzene rings is 2. The minimum Gasteiger partial charge on any atom is -0.504 e. The molecule has 8 heteroatoms. The SMILES string of the molecule is CCn1ncnc1CN1CCOc2c(O)cc(-c3nc4ccccc4s3)cc2C1. The molecular formula is C21H21N5O2S. The lowest BCUT2D eigenvalue weighted by atomic mass is 10.1. The van der Waals surface area contributed by atoms with Crippen molar-refractivity contribution in [3.63, 3.8) is 0 Å². The summed E-state index contributed by atoms with van der Waals surface area (Å²) in [6, 6.07) is 11.9. The van der Waals surface area contributed by atoms with Crippen LogP contribution in [-0.2, 0) is 19.6 Å². The van der Waals surface area contributed by atoms with Gasteiger partial charge in [0.2, 0.25) is 0 Å². The van der Waals surface area contributed by atoms with Crippen LogP contribution in [0.2, 0.25) is 0 Å². The molecule has 7 nitrogen and oxygen atoms in total. The average Bonchev–Trinajstić information content (AvgIpc) is 3.30. The van der Waals surface area contributed by atoms with Crippen molar-refractivity contribution in [1.82, 2.24) is 24.6 Å². The number of aryl methyl sites for hydroxylation is 1. The van der Waals surface area contributed by atoms with E-state index in [0.717, 1.165) is 45.3 Å². The first-order chi connectivity index (χ1) is 14.2. The van der Waals surface area contributed by atoms with Gasteiger partial charge in [0.25, 0.3) is 0 Å². The number of para-hydroxylation sites is 1. The molecule has 0 amide bonds. The maximum absolute atomic E-state index is 10.6. The highest BCUT2D eigenvalue weighted by atomic mass is 32.1. The Balaban J connectivity index is 1.48. The molecule has 0 atom stereocenters. The smallest absolute Gasteiger partial charge is 0.165 e. The summed E-state index contributed by atoms with van der Waals surface area (Å²) in [6.07, 6.45) is 1.60. The van der Waals surface area contributed by atoms with Gasteiger partial charge >= 0.3 is 0 Å². The standard InChI is InChI=1S/C21H21N5O2S/c1-2-26-19(22-13-23-26)12-25-7-8-28-20-15(11-25)9-14(10-17(20)27)21-24-16-5-3-4-6-18(16)29-21/h3-6,9-10,13,27H,2,7-8,11-12H2,1H3. The molecule has 0 fully saturated rings. The molecule has 3 heterocycles. The van der Waals surface area contributed by atoms with Gasteiger partial charge in [0.05, 0.1) is 16.8 Å². The summed E-state index contributed by atoms with van der Waals surface area (Å²) in [5, 5.41) is 15.8. The van der Waals surface area contributed by atoms with Crippen LogP contribution in [-0.4, -0.2) is 42.9 Å². The number of phenols is 1. The summed E-state index contributed by atoms with van der Waals surface area (Å²) < 4.78 is 8.92. The molecule has 2 aromatic carbocycles. The number of aromatic nitrogens is 4. The fraction of sp³-hybridized carbons (Fsp3) is 0.286. The summed E-state index contributed by atoms with van der Waals surface area (Å²) in [7, 11) is 0. The molecule has 0 saturated heterocycles. The van der Waals surface area contributed by atoms with Crippen LogP contribution >= 0.6 is 11.3 Å². The van der Waals surface area contributed by atoms with Gasteiger partial charge < -0.3 is 9.84 Å². The van der Waals surface area contributed by atoms with E-state index in [4.69, 9.17) is 9.72 Å². The first-order valence-corrected chi connectivity index (χ1v) is 10.5. The number of hydrogen-bond donors (Lipinski definition) is 1. The summed E-state index contributed by atoms with van der Waals surface area (Å²) in [6.45, 7) is 5.46. The second-order valence-corrected chi connectivity index (χ2v) is 8.05. The molecule has 0 bridgehead atoms. The molecule has 0 spiro atoms. The topological polar surface area (TPSA) is 76.3 Å². The van der Waals surface area contributed by atoms with Crippen LogP contribution in [0.25, 0.3) is 20.8 Å². The zero-order chi connectivity index (χ0) is 19.8. The molecule has 1 aliphatic rings. The van der Waals surface area contributed by atoms with E-state index in [1.807, 2.05) is 22.9 Å². The third kappa shape index (κ3) is 3.45. The molecular weight excluding hydrogens is 386 g/mol. The second kappa shape index (κ2) is 7.46. The largest absolute Gasteiger partial charge is 0.504 e. The maximum Gasteiger partial charge on any atom is 0.165 e. The number of fused-ring (bicyclic) bond motifs is 2. The van der Waals surface area contributed by atoms with E-state index < -0.39 is 0 Å². The van der Waals surface area contributed by atoms with Gasteiger partial charge in [0.1, 0.15) is 23.8 Å². The van der Waals surface area contributed by atoms with Crippen LogP contribution in [0.1, 0.15) is 18.3 Å². The number of thiazole rings is 1. The lowest BCUT2D eigenvalue weighted by Crippen LogP contribution is -2.27. The Bertz CT molecular complexity index is 1140. The van der Waals surface area contributed by atoms with Crippen LogP contribution in [0.5, 0.6) is 11.5 Å². The third-order valence-corrected chi connectivity index (χ3v) is 6.18. The van der Waals surface area contributed by atoms with Gasteiger partial charge in [-0.1, -0.05) is 12.1 Å². The van der Waals surface area contributed by atoms with Crippen LogP contribution in [0.15, 0.2) is 42.7 Å². The van der Waals surface area contributed by atoms with Gasteiger partial charge in [-0.05, 0) is 31.2 Å². The quantitative estimate of drug-likeness (QED) is 0.556. The highest BCUT2D eigenvalue weighted by Gasteiger charge is 2.22. The fourth-order valence-electron chi connectivity index (χ4n) is 3.68. The summed E-state index contributed by atoms with van der Waals surface area (Å²) in [4.78, 5) is 11.4. The number of aromatic hydroxyl groups is 1. The van der Waals surface area contributed by atoms with E-state index in [1.165, 1.54) is 0 Å². The van der Waals surface area contributed by atoms with Gasteiger partial charge in [-0.15, -0.1) is 11.3 Å². The Kier molecular flexibility index (Phi) is 4.65. The highest BCUT2D eigenvalue weighted by Crippen LogP contribution is 2.39. The zero-order valence-electron chi connectivity index (χ0n) is 16.1. The molecule has 1 aliphatic heterocycles. The molecule has 1 N–H and O–H groups in total. The van der Waals surface area contributed by atoms with Crippen molar-refractivity contribution in [2.24, 2.45) is 0 Å². The molecule has 0 radical (unpaired) electrons. The van der Waals surface area contributed by atoms with Crippen molar-refractivity contribution < 1.29 is 9.84 Å². The Morgan fingerprint density at radius 2 is 2.14 bits per heavy atom. The zero-order valence-corrected chi connectivity index (χ0v) is 16.9. The van der Waals surface area contributed by atoms with E-state index in [1.54, 1.807) is 23.7 Å². The maximum atomic E-state index is 10.6. The summed E-state index contributed by atoms with van der Waals surface area (Å²) in [5.74, 6) is 1.66. The van der Waals surface area contributed by atoms with Gasteiger partial charge in [0, 0.05) is 30.8 Å². The number of nitrogens with zero attached hydrogens (tertiary/aromatic N) is 5. The molecule has 148 valence electrons. The first kappa shape index (κ1) is 18.1. The number of rotatable bonds is 4. The summed E-state index contributed by atoms with van der Waals surface area (Å²) >= 11 is 1.63. The molecule has 2 aromatic heterocycles. The molecule has 5 rings (SSSR count). The predicted molar refractivity (Wildman–Crippen MR) is 112 cm³/mol. The van der Waals surface area contributed by atoms with Crippen LogP contribution in [0, 0.1) is 0 Å². The lowest BCUT2D eigenvalue weighted by molar-refractivity contribution is 0.210. The van der Waals surface area contributed by atoms with Gasteiger partial charge in [-0.3, -0.25) is 4.90 Å². The Hall–Kier alpha value is -2.97.